The lowest BCUT2D eigenvalue weighted by atomic mass is 9.95. The van der Waals surface area contributed by atoms with Gasteiger partial charge in [-0.05, 0) is 18.2 Å². The first-order valence-electron chi connectivity index (χ1n) is 10.8. The number of carbonyl (C=O) groups excluding carboxylic acids is 2. The smallest absolute Gasteiger partial charge is 0.303 e. The van der Waals surface area contributed by atoms with Gasteiger partial charge in [-0.2, -0.15) is 0 Å². The van der Waals surface area contributed by atoms with Crippen molar-refractivity contribution in [1.29, 1.82) is 0 Å². The lowest BCUT2D eigenvalue weighted by molar-refractivity contribution is -0.143. The monoisotopic (exact) mass is 491 g/mol. The summed E-state index contributed by atoms with van der Waals surface area (Å²) in [6.45, 7) is 5.57. The molecule has 0 aliphatic carbocycles. The summed E-state index contributed by atoms with van der Waals surface area (Å²) in [6.07, 6.45) is -0.332. The van der Waals surface area contributed by atoms with Crippen molar-refractivity contribution in [3.05, 3.63) is 47.2 Å². The van der Waals surface area contributed by atoms with Gasteiger partial charge in [-0.15, -0.1) is 0 Å². The van der Waals surface area contributed by atoms with Gasteiger partial charge in [0, 0.05) is 41.9 Å². The number of ether oxygens (including phenoxy) is 1. The maximum absolute atomic E-state index is 14.7. The van der Waals surface area contributed by atoms with E-state index in [0.29, 0.717) is 23.6 Å². The molecule has 0 saturated carbocycles. The summed E-state index contributed by atoms with van der Waals surface area (Å²) in [5.74, 6) is -3.47. The maximum atomic E-state index is 14.7. The molecule has 1 aliphatic heterocycles. The number of anilines is 1. The van der Waals surface area contributed by atoms with Crippen LogP contribution in [0.2, 0.25) is 19.6 Å². The van der Waals surface area contributed by atoms with Crippen molar-refractivity contribution in [1.82, 2.24) is 9.88 Å². The number of halogens is 2. The molecule has 0 fully saturated rings. The number of carbonyl (C=O) groups is 3. The van der Waals surface area contributed by atoms with E-state index < -0.39 is 43.5 Å². The second kappa shape index (κ2) is 9.88. The van der Waals surface area contributed by atoms with Gasteiger partial charge in [0.05, 0.1) is 27.3 Å². The first-order valence-corrected chi connectivity index (χ1v) is 14.3. The maximum Gasteiger partial charge on any atom is 0.303 e. The van der Waals surface area contributed by atoms with Crippen LogP contribution in [0, 0.1) is 11.6 Å². The highest BCUT2D eigenvalue weighted by molar-refractivity contribution is 6.88. The minimum atomic E-state index is -2.30. The number of fused-ring (bicyclic) bond motifs is 1. The fraction of sp³-hybridized carbons (Fsp3) is 0.391. The predicted molar refractivity (Wildman–Crippen MR) is 124 cm³/mol. The molecule has 1 aliphatic rings. The number of benzene rings is 1. The lowest BCUT2D eigenvalue weighted by Crippen LogP contribution is -2.46. The Morgan fingerprint density at radius 1 is 1.18 bits per heavy atom. The Morgan fingerprint density at radius 3 is 2.38 bits per heavy atom. The largest absolute Gasteiger partial charge is 0.481 e. The van der Waals surface area contributed by atoms with E-state index in [1.807, 2.05) is 19.6 Å². The Balaban J connectivity index is 1.96. The van der Waals surface area contributed by atoms with Crippen molar-refractivity contribution >= 4 is 36.7 Å². The first-order chi connectivity index (χ1) is 15.9. The summed E-state index contributed by atoms with van der Waals surface area (Å²) >= 11 is 0. The Bertz CT molecular complexity index is 1110. The summed E-state index contributed by atoms with van der Waals surface area (Å²) in [4.78, 5) is 42.7. The number of carboxylic acids is 1. The standard InChI is InChI=1S/C23H27F2N3O5Si/c1-33-18-6-5-14-17(27-18)9-10-28(19(29)7-8-20(30)31)21(14)23(32)26-13-11-15(24)22(16(25)12-13)34(2,3)4/h5-6,11-12,21H,7-10H2,1-4H3,(H,26,32)(H,30,31)/t21-/m1/s1. The van der Waals surface area contributed by atoms with Gasteiger partial charge in [-0.1, -0.05) is 19.6 Å². The van der Waals surface area contributed by atoms with Crippen LogP contribution in [0.1, 0.15) is 30.1 Å². The number of pyridine rings is 1. The molecule has 1 aromatic heterocycles. The van der Waals surface area contributed by atoms with E-state index in [2.05, 4.69) is 10.3 Å². The van der Waals surface area contributed by atoms with E-state index >= 15 is 0 Å². The zero-order valence-corrected chi connectivity index (χ0v) is 20.4. The molecule has 11 heteroatoms. The Hall–Kier alpha value is -3.34. The van der Waals surface area contributed by atoms with E-state index in [1.165, 1.54) is 12.0 Å². The van der Waals surface area contributed by atoms with Gasteiger partial charge in [0.1, 0.15) is 17.7 Å². The molecule has 1 atom stereocenters. The van der Waals surface area contributed by atoms with Crippen LogP contribution in [0.5, 0.6) is 5.88 Å². The van der Waals surface area contributed by atoms with Crippen LogP contribution in [-0.2, 0) is 20.8 Å². The van der Waals surface area contributed by atoms with Crippen molar-refractivity contribution in [2.45, 2.75) is 44.9 Å². The fourth-order valence-electron chi connectivity index (χ4n) is 4.06. The highest BCUT2D eigenvalue weighted by Crippen LogP contribution is 2.32. The molecule has 2 N–H and O–H groups in total. The Morgan fingerprint density at radius 2 is 1.82 bits per heavy atom. The zero-order chi connectivity index (χ0) is 25.2. The topological polar surface area (TPSA) is 109 Å². The molecule has 3 rings (SSSR count). The second-order valence-electron chi connectivity index (χ2n) is 9.08. The van der Waals surface area contributed by atoms with Crippen LogP contribution < -0.4 is 15.2 Å². The van der Waals surface area contributed by atoms with Gasteiger partial charge in [0.15, 0.2) is 0 Å². The third kappa shape index (κ3) is 5.41. The van der Waals surface area contributed by atoms with E-state index in [0.717, 1.165) is 12.1 Å². The van der Waals surface area contributed by atoms with Crippen molar-refractivity contribution in [3.63, 3.8) is 0 Å². The van der Waals surface area contributed by atoms with Gasteiger partial charge in [0.25, 0.3) is 5.91 Å². The number of methoxy groups -OCH3 is 1. The minimum absolute atomic E-state index is 0.0373. The number of nitrogens with zero attached hydrogens (tertiary/aromatic N) is 2. The molecule has 0 spiro atoms. The van der Waals surface area contributed by atoms with Gasteiger partial charge in [-0.25, -0.2) is 13.8 Å². The summed E-state index contributed by atoms with van der Waals surface area (Å²) in [6, 6.07) is 4.15. The van der Waals surface area contributed by atoms with Crippen LogP contribution in [-0.4, -0.2) is 54.5 Å². The van der Waals surface area contributed by atoms with Crippen molar-refractivity contribution in [2.24, 2.45) is 0 Å². The molecule has 0 radical (unpaired) electrons. The zero-order valence-electron chi connectivity index (χ0n) is 19.4. The van der Waals surface area contributed by atoms with Crippen molar-refractivity contribution < 1.29 is 33.0 Å². The highest BCUT2D eigenvalue weighted by Gasteiger charge is 2.37. The minimum Gasteiger partial charge on any atom is -0.481 e. The van der Waals surface area contributed by atoms with Crippen LogP contribution in [0.4, 0.5) is 14.5 Å². The van der Waals surface area contributed by atoms with Crippen LogP contribution >= 0.6 is 0 Å². The number of amides is 2. The molecular weight excluding hydrogens is 464 g/mol. The molecule has 1 aromatic carbocycles. The Labute approximate surface area is 196 Å². The number of aromatic nitrogens is 1. The lowest BCUT2D eigenvalue weighted by Gasteiger charge is -2.36. The quantitative estimate of drug-likeness (QED) is 0.577. The van der Waals surface area contributed by atoms with E-state index in [4.69, 9.17) is 9.84 Å². The second-order valence-corrected chi connectivity index (χ2v) is 14.1. The summed E-state index contributed by atoms with van der Waals surface area (Å²) in [5, 5.41) is 11.5. The molecule has 0 bridgehead atoms. The van der Waals surface area contributed by atoms with E-state index in [9.17, 15) is 23.2 Å². The molecule has 0 saturated heterocycles. The molecule has 2 heterocycles. The third-order valence-corrected chi connectivity index (χ3v) is 7.55. The number of aliphatic carboxylic acids is 1. The van der Waals surface area contributed by atoms with Crippen LogP contribution in [0.15, 0.2) is 24.3 Å². The average molecular weight is 492 g/mol. The molecule has 34 heavy (non-hydrogen) atoms. The SMILES string of the molecule is COc1ccc2c(n1)CCN(C(=O)CCC(=O)O)[C@H]2C(=O)Nc1cc(F)c([Si](C)(C)C)c(F)c1. The number of rotatable bonds is 7. The Kier molecular flexibility index (Phi) is 7.34. The summed E-state index contributed by atoms with van der Waals surface area (Å²) < 4.78 is 34.5. The van der Waals surface area contributed by atoms with Gasteiger partial charge >= 0.3 is 5.97 Å². The molecule has 2 aromatic rings. The highest BCUT2D eigenvalue weighted by atomic mass is 28.3. The third-order valence-electron chi connectivity index (χ3n) is 5.57. The van der Waals surface area contributed by atoms with Crippen molar-refractivity contribution in [3.8, 4) is 5.88 Å². The summed E-state index contributed by atoms with van der Waals surface area (Å²) in [5.41, 5.74) is 0.912. The average Bonchev–Trinajstić information content (AvgIpc) is 2.74. The van der Waals surface area contributed by atoms with E-state index in [-0.39, 0.29) is 30.3 Å². The summed E-state index contributed by atoms with van der Waals surface area (Å²) in [7, 11) is -0.847. The normalized spacial score (nSPS) is 15.5. The van der Waals surface area contributed by atoms with Gasteiger partial charge in [0.2, 0.25) is 11.8 Å². The number of nitrogens with one attached hydrogen (secondary N) is 1. The molecule has 182 valence electrons. The number of hydrogen-bond donors (Lipinski definition) is 2. The molecule has 2 amide bonds. The van der Waals surface area contributed by atoms with E-state index in [1.54, 1.807) is 12.1 Å². The number of hydrogen-bond acceptors (Lipinski definition) is 5. The van der Waals surface area contributed by atoms with Crippen LogP contribution in [0.3, 0.4) is 0 Å². The fourth-order valence-corrected chi connectivity index (χ4v) is 5.64. The molecule has 8 nitrogen and oxygen atoms in total. The predicted octanol–water partition coefficient (Wildman–Crippen LogP) is 2.84. The number of carboxylic acid groups (broad SMARTS) is 1. The van der Waals surface area contributed by atoms with Gasteiger partial charge < -0.3 is 20.1 Å². The molecule has 0 unspecified atom stereocenters. The first kappa shape index (κ1) is 25.3. The molecular formula is C23H27F2N3O5Si. The van der Waals surface area contributed by atoms with Gasteiger partial charge in [-0.3, -0.25) is 14.4 Å². The van der Waals surface area contributed by atoms with Crippen LogP contribution in [0.25, 0.3) is 0 Å². The van der Waals surface area contributed by atoms with Crippen molar-refractivity contribution in [2.75, 3.05) is 19.0 Å².